The van der Waals surface area contributed by atoms with Gasteiger partial charge in [0.1, 0.15) is 11.8 Å². The topological polar surface area (TPSA) is 69.4 Å². The molecule has 1 aliphatic rings. The van der Waals surface area contributed by atoms with Gasteiger partial charge >= 0.3 is 6.61 Å². The summed E-state index contributed by atoms with van der Waals surface area (Å²) in [6, 6.07) is 6.51. The summed E-state index contributed by atoms with van der Waals surface area (Å²) < 4.78 is 29.2. The van der Waals surface area contributed by atoms with Crippen molar-refractivity contribution in [2.75, 3.05) is 18.0 Å². The highest BCUT2D eigenvalue weighted by atomic mass is 19.3. The van der Waals surface area contributed by atoms with Crippen LogP contribution < -0.4 is 9.64 Å². The number of aliphatic hydroxyl groups excluding tert-OH is 1. The number of hydrogen-bond donors (Lipinski definition) is 1. The average molecular weight is 305 g/mol. The fourth-order valence-corrected chi connectivity index (χ4v) is 2.70. The van der Waals surface area contributed by atoms with Crippen LogP contribution in [0.2, 0.25) is 0 Å². The Morgan fingerprint density at radius 3 is 2.91 bits per heavy atom. The van der Waals surface area contributed by atoms with Gasteiger partial charge in [0.25, 0.3) is 0 Å². The Hall–Kier alpha value is -2.46. The Morgan fingerprint density at radius 1 is 1.45 bits per heavy atom. The molecule has 1 aromatic carbocycles. The largest absolute Gasteiger partial charge is 0.435 e. The number of alkyl halides is 2. The molecule has 2 aromatic rings. The maximum Gasteiger partial charge on any atom is 0.387 e. The molecule has 114 valence electrons. The van der Waals surface area contributed by atoms with Crippen molar-refractivity contribution in [1.29, 1.82) is 5.26 Å². The number of nitrogens with zero attached hydrogens (tertiary/aromatic N) is 3. The van der Waals surface area contributed by atoms with Crippen molar-refractivity contribution in [1.82, 2.24) is 4.98 Å². The third-order valence-electron chi connectivity index (χ3n) is 3.64. The van der Waals surface area contributed by atoms with Gasteiger partial charge in [0.2, 0.25) is 0 Å². The Bertz CT molecular complexity index is 745. The smallest absolute Gasteiger partial charge is 0.387 e. The number of fused-ring (bicyclic) bond motifs is 1. The van der Waals surface area contributed by atoms with Crippen molar-refractivity contribution in [3.05, 3.63) is 30.0 Å². The third kappa shape index (κ3) is 2.65. The monoisotopic (exact) mass is 305 g/mol. The van der Waals surface area contributed by atoms with Crippen LogP contribution in [0.5, 0.6) is 5.75 Å². The van der Waals surface area contributed by atoms with Crippen LogP contribution in [0.15, 0.2) is 24.4 Å². The second-order valence-electron chi connectivity index (χ2n) is 5.08. The lowest BCUT2D eigenvalue weighted by Crippen LogP contribution is -2.22. The van der Waals surface area contributed by atoms with Gasteiger partial charge in [0, 0.05) is 24.7 Å². The molecule has 0 spiro atoms. The normalized spacial score (nSPS) is 18.0. The molecule has 0 bridgehead atoms. The molecule has 7 heteroatoms. The number of benzene rings is 1. The molecule has 1 aromatic heterocycles. The first-order chi connectivity index (χ1) is 10.6. The van der Waals surface area contributed by atoms with E-state index >= 15 is 0 Å². The molecular formula is C15H13F2N3O2. The van der Waals surface area contributed by atoms with Gasteiger partial charge in [-0.1, -0.05) is 0 Å². The number of halogens is 2. The van der Waals surface area contributed by atoms with Gasteiger partial charge in [0.15, 0.2) is 0 Å². The molecule has 1 atom stereocenters. The Labute approximate surface area is 125 Å². The zero-order chi connectivity index (χ0) is 15.7. The van der Waals surface area contributed by atoms with Crippen LogP contribution in [-0.2, 0) is 0 Å². The van der Waals surface area contributed by atoms with Crippen LogP contribution in [0.4, 0.5) is 14.5 Å². The Morgan fingerprint density at radius 2 is 2.27 bits per heavy atom. The molecule has 0 radical (unpaired) electrons. The van der Waals surface area contributed by atoms with Crippen molar-refractivity contribution in [2.24, 2.45) is 0 Å². The summed E-state index contributed by atoms with van der Waals surface area (Å²) in [6.07, 6.45) is 1.59. The third-order valence-corrected chi connectivity index (χ3v) is 3.64. The van der Waals surface area contributed by atoms with Crippen LogP contribution in [0.3, 0.4) is 0 Å². The van der Waals surface area contributed by atoms with E-state index in [9.17, 15) is 19.1 Å². The zero-order valence-electron chi connectivity index (χ0n) is 11.5. The Kier molecular flexibility index (Phi) is 3.77. The van der Waals surface area contributed by atoms with Gasteiger partial charge < -0.3 is 14.7 Å². The first-order valence-corrected chi connectivity index (χ1v) is 6.79. The molecule has 0 amide bonds. The molecule has 3 rings (SSSR count). The highest BCUT2D eigenvalue weighted by Gasteiger charge is 2.25. The predicted octanol–water partition coefficient (Wildman–Crippen LogP) is 2.28. The molecule has 1 fully saturated rings. The zero-order valence-corrected chi connectivity index (χ0v) is 11.5. The maximum absolute atomic E-state index is 12.4. The number of β-amino-alcohol motifs (C(OH)–C–C–N with tert-alkyl or cyclic N) is 1. The summed E-state index contributed by atoms with van der Waals surface area (Å²) in [4.78, 5) is 6.04. The Balaban J connectivity index is 2.15. The summed E-state index contributed by atoms with van der Waals surface area (Å²) in [5.41, 5.74) is 1.52. The summed E-state index contributed by atoms with van der Waals surface area (Å²) in [5, 5.41) is 19.6. The minimum Gasteiger partial charge on any atom is -0.435 e. The van der Waals surface area contributed by atoms with E-state index in [1.54, 1.807) is 6.07 Å². The minimum atomic E-state index is -2.92. The van der Waals surface area contributed by atoms with Gasteiger partial charge in [-0.2, -0.15) is 14.0 Å². The second kappa shape index (κ2) is 5.73. The number of pyridine rings is 1. The van der Waals surface area contributed by atoms with Crippen molar-refractivity contribution in [2.45, 2.75) is 19.1 Å². The molecule has 5 nitrogen and oxygen atoms in total. The van der Waals surface area contributed by atoms with Gasteiger partial charge in [-0.05, 0) is 24.6 Å². The highest BCUT2D eigenvalue weighted by Crippen LogP contribution is 2.34. The summed E-state index contributed by atoms with van der Waals surface area (Å²) in [5.74, 6) is 0.0142. The minimum absolute atomic E-state index is 0.0142. The van der Waals surface area contributed by atoms with Crippen molar-refractivity contribution in [3.63, 3.8) is 0 Å². The number of rotatable bonds is 3. The molecule has 22 heavy (non-hydrogen) atoms. The molecular weight excluding hydrogens is 292 g/mol. The van der Waals surface area contributed by atoms with Crippen LogP contribution in [0, 0.1) is 11.3 Å². The van der Waals surface area contributed by atoms with E-state index in [2.05, 4.69) is 15.8 Å². The van der Waals surface area contributed by atoms with Crippen LogP contribution in [0.1, 0.15) is 12.0 Å². The van der Waals surface area contributed by atoms with Crippen molar-refractivity contribution < 1.29 is 18.6 Å². The number of anilines is 1. The summed E-state index contributed by atoms with van der Waals surface area (Å²) in [6.45, 7) is -1.93. The first kappa shape index (κ1) is 14.5. The molecule has 0 unspecified atom stereocenters. The van der Waals surface area contributed by atoms with E-state index < -0.39 is 12.7 Å². The number of hydrogen-bond acceptors (Lipinski definition) is 5. The number of aromatic nitrogens is 1. The average Bonchev–Trinajstić information content (AvgIpc) is 2.91. The fraction of sp³-hybridized carbons (Fsp3) is 0.333. The van der Waals surface area contributed by atoms with Gasteiger partial charge in [-0.25, -0.2) is 0 Å². The first-order valence-electron chi connectivity index (χ1n) is 6.79. The van der Waals surface area contributed by atoms with Crippen LogP contribution in [0.25, 0.3) is 10.9 Å². The number of ether oxygens (including phenoxy) is 1. The number of aliphatic hydroxyl groups is 1. The molecule has 1 saturated heterocycles. The van der Waals surface area contributed by atoms with Crippen LogP contribution in [-0.4, -0.2) is 35.9 Å². The summed E-state index contributed by atoms with van der Waals surface area (Å²) >= 11 is 0. The molecule has 0 saturated carbocycles. The van der Waals surface area contributed by atoms with E-state index in [4.69, 9.17) is 0 Å². The number of nitriles is 1. The second-order valence-corrected chi connectivity index (χ2v) is 5.08. The molecule has 2 heterocycles. The van der Waals surface area contributed by atoms with Crippen LogP contribution >= 0.6 is 0 Å². The van der Waals surface area contributed by atoms with E-state index in [1.807, 2.05) is 4.90 Å². The molecule has 1 aliphatic heterocycles. The van der Waals surface area contributed by atoms with Gasteiger partial charge in [-0.15, -0.1) is 0 Å². The van der Waals surface area contributed by atoms with E-state index in [0.717, 1.165) is 0 Å². The lowest BCUT2D eigenvalue weighted by molar-refractivity contribution is -0.0497. The molecule has 1 N–H and O–H groups in total. The molecule has 0 aliphatic carbocycles. The maximum atomic E-state index is 12.4. The SMILES string of the molecule is N#Cc1cnc2ccc(OC(F)F)cc2c1N1CC[C@@H](O)C1. The van der Waals surface area contributed by atoms with E-state index in [1.165, 1.54) is 18.3 Å². The standard InChI is InChI=1S/C15H13F2N3O2/c16-15(17)22-11-1-2-13-12(5-11)14(9(6-18)7-19-13)20-4-3-10(21)8-20/h1-2,5,7,10,15,21H,3-4,8H2/t10-/m1/s1. The van der Waals surface area contributed by atoms with Gasteiger partial charge in [0.05, 0.1) is 22.9 Å². The van der Waals surface area contributed by atoms with E-state index in [-0.39, 0.29) is 5.75 Å². The lowest BCUT2D eigenvalue weighted by atomic mass is 10.1. The fourth-order valence-electron chi connectivity index (χ4n) is 2.70. The summed E-state index contributed by atoms with van der Waals surface area (Å²) in [7, 11) is 0. The van der Waals surface area contributed by atoms with E-state index in [0.29, 0.717) is 41.7 Å². The lowest BCUT2D eigenvalue weighted by Gasteiger charge is -2.21. The van der Waals surface area contributed by atoms with Crippen molar-refractivity contribution >= 4 is 16.6 Å². The van der Waals surface area contributed by atoms with Crippen molar-refractivity contribution in [3.8, 4) is 11.8 Å². The predicted molar refractivity (Wildman–Crippen MR) is 75.9 cm³/mol. The van der Waals surface area contributed by atoms with Gasteiger partial charge in [-0.3, -0.25) is 4.98 Å². The highest BCUT2D eigenvalue weighted by molar-refractivity contribution is 5.95. The quantitative estimate of drug-likeness (QED) is 0.942.